The van der Waals surface area contributed by atoms with Crippen LogP contribution < -0.4 is 5.73 Å². The van der Waals surface area contributed by atoms with Crippen LogP contribution in [0.15, 0.2) is 84.9 Å². The van der Waals surface area contributed by atoms with Gasteiger partial charge in [0.1, 0.15) is 0 Å². The number of nitrogens with zero attached hydrogens (tertiary/aromatic N) is 1. The van der Waals surface area contributed by atoms with Gasteiger partial charge in [0.2, 0.25) is 5.91 Å². The molecule has 0 unspecified atom stereocenters. The van der Waals surface area contributed by atoms with Gasteiger partial charge in [-0.1, -0.05) is 48.5 Å². The summed E-state index contributed by atoms with van der Waals surface area (Å²) in [4.78, 5) is 12.1. The van der Waals surface area contributed by atoms with Crippen LogP contribution >= 0.6 is 0 Å². The van der Waals surface area contributed by atoms with Gasteiger partial charge in [-0.2, -0.15) is 13.2 Å². The molecule has 4 aromatic carbocycles. The minimum absolute atomic E-state index is 0.326. The first-order valence-corrected chi connectivity index (χ1v) is 10.3. The highest BCUT2D eigenvalue weighted by Crippen LogP contribution is 2.35. The molecular formula is C27H18F3N2O. The Morgan fingerprint density at radius 2 is 1.61 bits per heavy atom. The molecule has 0 aliphatic heterocycles. The number of hydrogen-bond acceptors (Lipinski definition) is 1. The summed E-state index contributed by atoms with van der Waals surface area (Å²) in [6, 6.07) is 27.4. The Balaban J connectivity index is 1.72. The van der Waals surface area contributed by atoms with Crippen molar-refractivity contribution in [2.24, 2.45) is 5.73 Å². The van der Waals surface area contributed by atoms with E-state index < -0.39 is 17.6 Å². The highest BCUT2D eigenvalue weighted by molar-refractivity contribution is 6.18. The first-order valence-electron chi connectivity index (χ1n) is 10.3. The third kappa shape index (κ3) is 3.74. The van der Waals surface area contributed by atoms with E-state index in [9.17, 15) is 18.0 Å². The number of fused-ring (bicyclic) bond motifs is 3. The van der Waals surface area contributed by atoms with E-state index >= 15 is 0 Å². The molecule has 1 heterocycles. The summed E-state index contributed by atoms with van der Waals surface area (Å²) >= 11 is 0. The van der Waals surface area contributed by atoms with Crippen molar-refractivity contribution in [2.75, 3.05) is 0 Å². The summed E-state index contributed by atoms with van der Waals surface area (Å²) in [5, 5.41) is 1.43. The van der Waals surface area contributed by atoms with Crippen molar-refractivity contribution < 1.29 is 18.0 Å². The molecule has 0 spiro atoms. The minimum atomic E-state index is -4.39. The van der Waals surface area contributed by atoms with E-state index in [2.05, 4.69) is 6.07 Å². The van der Waals surface area contributed by atoms with Gasteiger partial charge in [0, 0.05) is 22.9 Å². The molecule has 0 atom stereocenters. The zero-order chi connectivity index (χ0) is 23.2. The molecule has 163 valence electrons. The summed E-state index contributed by atoms with van der Waals surface area (Å²) in [7, 11) is 0. The Kier molecular flexibility index (Phi) is 4.93. The number of primary amides is 1. The molecule has 2 N–H and O–H groups in total. The fourth-order valence-electron chi connectivity index (χ4n) is 4.21. The second-order valence-corrected chi connectivity index (χ2v) is 7.86. The molecule has 5 rings (SSSR count). The first-order chi connectivity index (χ1) is 15.8. The summed E-state index contributed by atoms with van der Waals surface area (Å²) in [5.74, 6) is -0.547. The maximum atomic E-state index is 13.0. The van der Waals surface area contributed by atoms with E-state index in [1.165, 1.54) is 12.1 Å². The van der Waals surface area contributed by atoms with Gasteiger partial charge in [0.25, 0.3) is 0 Å². The van der Waals surface area contributed by atoms with Crippen molar-refractivity contribution in [3.05, 3.63) is 108 Å². The number of carbonyl (C=O) groups is 1. The Hall–Kier alpha value is -4.06. The molecule has 1 radical (unpaired) electrons. The zero-order valence-electron chi connectivity index (χ0n) is 17.4. The maximum absolute atomic E-state index is 13.0. The van der Waals surface area contributed by atoms with Crippen LogP contribution in [0.3, 0.4) is 0 Å². The summed E-state index contributed by atoms with van der Waals surface area (Å²) < 4.78 is 40.9. The molecule has 6 heteroatoms. The number of amides is 1. The highest BCUT2D eigenvalue weighted by atomic mass is 19.4. The molecule has 33 heavy (non-hydrogen) atoms. The highest BCUT2D eigenvalue weighted by Gasteiger charge is 2.30. The van der Waals surface area contributed by atoms with Gasteiger partial charge in [0.15, 0.2) is 0 Å². The van der Waals surface area contributed by atoms with Gasteiger partial charge in [-0.05, 0) is 59.2 Å². The molecule has 0 saturated carbocycles. The Morgan fingerprint density at radius 3 is 2.27 bits per heavy atom. The molecule has 0 aliphatic rings. The number of benzene rings is 4. The van der Waals surface area contributed by atoms with Crippen LogP contribution in [0.5, 0.6) is 0 Å². The van der Waals surface area contributed by atoms with E-state index in [-0.39, 0.29) is 0 Å². The van der Waals surface area contributed by atoms with E-state index in [1.807, 2.05) is 53.1 Å². The van der Waals surface area contributed by atoms with Crippen molar-refractivity contribution >= 4 is 27.7 Å². The molecule has 1 amide bonds. The molecule has 0 aliphatic carbocycles. The number of hydrogen-bond donors (Lipinski definition) is 1. The van der Waals surface area contributed by atoms with Crippen molar-refractivity contribution in [3.8, 4) is 11.1 Å². The van der Waals surface area contributed by atoms with Crippen molar-refractivity contribution in [1.29, 1.82) is 0 Å². The first kappa shape index (κ1) is 20.8. The van der Waals surface area contributed by atoms with Gasteiger partial charge >= 0.3 is 6.18 Å². The largest absolute Gasteiger partial charge is 0.416 e. The SMILES string of the molecule is NC(=O)c1cccc2c1c1[c]cc(-c3ccccc3)cc1n2Cc1ccc(C(F)(F)F)cc1. The second kappa shape index (κ2) is 7.81. The average Bonchev–Trinajstić information content (AvgIpc) is 3.12. The smallest absolute Gasteiger partial charge is 0.366 e. The Morgan fingerprint density at radius 1 is 0.879 bits per heavy atom. The molecular weight excluding hydrogens is 425 g/mol. The van der Waals surface area contributed by atoms with Gasteiger partial charge in [0.05, 0.1) is 16.6 Å². The van der Waals surface area contributed by atoms with E-state index in [0.29, 0.717) is 23.1 Å². The third-order valence-electron chi connectivity index (χ3n) is 5.79. The third-order valence-corrected chi connectivity index (χ3v) is 5.79. The lowest BCUT2D eigenvalue weighted by Gasteiger charge is -2.11. The van der Waals surface area contributed by atoms with Gasteiger partial charge in [-0.25, -0.2) is 0 Å². The fourth-order valence-corrected chi connectivity index (χ4v) is 4.21. The van der Waals surface area contributed by atoms with E-state index in [0.717, 1.165) is 39.7 Å². The molecule has 1 aromatic heterocycles. The molecule has 0 saturated heterocycles. The van der Waals surface area contributed by atoms with Gasteiger partial charge in [-0.15, -0.1) is 0 Å². The molecule has 3 nitrogen and oxygen atoms in total. The second-order valence-electron chi connectivity index (χ2n) is 7.86. The molecule has 0 bridgehead atoms. The zero-order valence-corrected chi connectivity index (χ0v) is 17.4. The van der Waals surface area contributed by atoms with Crippen molar-refractivity contribution in [2.45, 2.75) is 12.7 Å². The van der Waals surface area contributed by atoms with Crippen LogP contribution in [-0.2, 0) is 12.7 Å². The number of carbonyl (C=O) groups excluding carboxylic acids is 1. The predicted octanol–water partition coefficient (Wildman–Crippen LogP) is 6.43. The lowest BCUT2D eigenvalue weighted by molar-refractivity contribution is -0.137. The number of rotatable bonds is 4. The van der Waals surface area contributed by atoms with Crippen molar-refractivity contribution in [3.63, 3.8) is 0 Å². The summed E-state index contributed by atoms with van der Waals surface area (Å²) in [5.41, 5.74) is 9.58. The minimum Gasteiger partial charge on any atom is -0.366 e. The maximum Gasteiger partial charge on any atom is 0.416 e. The van der Waals surface area contributed by atoms with Crippen LogP contribution in [0.25, 0.3) is 32.9 Å². The number of nitrogens with two attached hydrogens (primary N) is 1. The fraction of sp³-hybridized carbons (Fsp3) is 0.0741. The Labute approximate surface area is 187 Å². The number of halogens is 3. The molecule has 0 fully saturated rings. The number of alkyl halides is 3. The van der Waals surface area contributed by atoms with Gasteiger partial charge < -0.3 is 10.3 Å². The van der Waals surface area contributed by atoms with Crippen LogP contribution in [0.4, 0.5) is 13.2 Å². The van der Waals surface area contributed by atoms with Crippen LogP contribution in [0, 0.1) is 6.07 Å². The van der Waals surface area contributed by atoms with Gasteiger partial charge in [-0.3, -0.25) is 4.79 Å². The number of aromatic nitrogens is 1. The standard InChI is InChI=1S/C27H18F3N2O/c28-27(29,30)20-12-9-17(10-13-20)16-32-23-8-4-7-22(26(31)33)25(23)21-14-11-19(15-24(21)32)18-5-2-1-3-6-18/h1-13,15H,16H2,(H2,31,33). The van der Waals surface area contributed by atoms with Crippen LogP contribution in [-0.4, -0.2) is 10.5 Å². The average molecular weight is 443 g/mol. The summed E-state index contributed by atoms with van der Waals surface area (Å²) in [6.45, 7) is 0.326. The van der Waals surface area contributed by atoms with E-state index in [4.69, 9.17) is 5.73 Å². The van der Waals surface area contributed by atoms with Crippen LogP contribution in [0.2, 0.25) is 0 Å². The lowest BCUT2D eigenvalue weighted by atomic mass is 10.0. The van der Waals surface area contributed by atoms with Crippen LogP contribution in [0.1, 0.15) is 21.5 Å². The predicted molar refractivity (Wildman–Crippen MR) is 123 cm³/mol. The summed E-state index contributed by atoms with van der Waals surface area (Å²) in [6.07, 6.45) is -4.39. The van der Waals surface area contributed by atoms with E-state index in [1.54, 1.807) is 12.1 Å². The lowest BCUT2D eigenvalue weighted by Crippen LogP contribution is -2.11. The normalized spacial score (nSPS) is 11.8. The monoisotopic (exact) mass is 443 g/mol. The van der Waals surface area contributed by atoms with Crippen molar-refractivity contribution in [1.82, 2.24) is 4.57 Å². The Bertz CT molecular complexity index is 1480. The topological polar surface area (TPSA) is 48.0 Å². The molecule has 5 aromatic rings. The quantitative estimate of drug-likeness (QED) is 0.342.